The Hall–Kier alpha value is -1.07. The van der Waals surface area contributed by atoms with Crippen molar-refractivity contribution in [1.82, 2.24) is 0 Å². The van der Waals surface area contributed by atoms with Crippen molar-refractivity contribution in [1.29, 1.82) is 0 Å². The maximum Gasteiger partial charge on any atom is 0.138 e. The summed E-state index contributed by atoms with van der Waals surface area (Å²) in [4.78, 5) is 4.27. The monoisotopic (exact) mass is 371 g/mol. The third-order valence-electron chi connectivity index (χ3n) is 2.36. The zero-order valence-electron chi connectivity index (χ0n) is 9.44. The van der Waals surface area contributed by atoms with Crippen molar-refractivity contribution in [3.8, 4) is 5.75 Å². The van der Waals surface area contributed by atoms with Crippen LogP contribution in [-0.2, 0) is 6.42 Å². The number of halogens is 2. The largest absolute Gasteiger partial charge is 0.506 e. The smallest absolute Gasteiger partial charge is 0.138 e. The number of aromatic hydroxyl groups is 1. The zero-order valence-corrected chi connectivity index (χ0v) is 12.6. The van der Waals surface area contributed by atoms with Crippen molar-refractivity contribution in [2.24, 2.45) is 4.99 Å². The Bertz CT molecular complexity index is 550. The molecule has 5 heteroatoms. The van der Waals surface area contributed by atoms with Gasteiger partial charge in [-0.1, -0.05) is 15.9 Å². The summed E-state index contributed by atoms with van der Waals surface area (Å²) < 4.78 is 6.74. The summed E-state index contributed by atoms with van der Waals surface area (Å²) in [5, 5.41) is 9.83. The number of rotatable bonds is 4. The molecule has 0 saturated carbocycles. The molecule has 94 valence electrons. The zero-order chi connectivity index (χ0) is 13.0. The van der Waals surface area contributed by atoms with E-state index < -0.39 is 0 Å². The molecule has 2 rings (SSSR count). The van der Waals surface area contributed by atoms with Gasteiger partial charge in [0.15, 0.2) is 0 Å². The minimum Gasteiger partial charge on any atom is -0.506 e. The minimum absolute atomic E-state index is 0.194. The molecule has 0 aliphatic carbocycles. The normalized spacial score (nSPS) is 11.2. The molecule has 1 aromatic carbocycles. The average Bonchev–Trinajstić information content (AvgIpc) is 2.83. The van der Waals surface area contributed by atoms with E-state index in [0.717, 1.165) is 16.7 Å². The van der Waals surface area contributed by atoms with Gasteiger partial charge >= 0.3 is 0 Å². The summed E-state index contributed by atoms with van der Waals surface area (Å²) >= 11 is 6.65. The van der Waals surface area contributed by atoms with Gasteiger partial charge in [0.1, 0.15) is 11.5 Å². The molecule has 1 aromatic heterocycles. The number of hydrogen-bond donors (Lipinski definition) is 1. The van der Waals surface area contributed by atoms with Gasteiger partial charge in [0, 0.05) is 29.2 Å². The van der Waals surface area contributed by atoms with Gasteiger partial charge in [-0.05, 0) is 40.2 Å². The quantitative estimate of drug-likeness (QED) is 0.818. The van der Waals surface area contributed by atoms with Crippen molar-refractivity contribution in [2.45, 2.75) is 6.42 Å². The fourth-order valence-corrected chi connectivity index (χ4v) is 2.74. The number of furan rings is 1. The Morgan fingerprint density at radius 2 is 2.17 bits per heavy atom. The van der Waals surface area contributed by atoms with Crippen molar-refractivity contribution < 1.29 is 9.52 Å². The number of hydrogen-bond acceptors (Lipinski definition) is 3. The molecule has 0 aliphatic heterocycles. The van der Waals surface area contributed by atoms with E-state index in [1.807, 2.05) is 18.2 Å². The van der Waals surface area contributed by atoms with Crippen LogP contribution in [0.15, 0.2) is 48.9 Å². The lowest BCUT2D eigenvalue weighted by Crippen LogP contribution is -1.90. The van der Waals surface area contributed by atoms with Gasteiger partial charge in [-0.3, -0.25) is 4.99 Å². The number of nitrogens with zero attached hydrogens (tertiary/aromatic N) is 1. The van der Waals surface area contributed by atoms with Gasteiger partial charge in [-0.15, -0.1) is 0 Å². The van der Waals surface area contributed by atoms with E-state index in [1.165, 1.54) is 0 Å². The lowest BCUT2D eigenvalue weighted by atomic mass is 10.2. The molecule has 3 nitrogen and oxygen atoms in total. The number of phenols is 1. The van der Waals surface area contributed by atoms with Crippen molar-refractivity contribution in [3.63, 3.8) is 0 Å². The predicted octanol–water partition coefficient (Wildman–Crippen LogP) is 4.17. The van der Waals surface area contributed by atoms with E-state index in [-0.39, 0.29) is 5.75 Å². The lowest BCUT2D eigenvalue weighted by molar-refractivity contribution is 0.471. The molecule has 0 fully saturated rings. The van der Waals surface area contributed by atoms with Crippen molar-refractivity contribution in [2.75, 3.05) is 6.54 Å². The van der Waals surface area contributed by atoms with Crippen LogP contribution in [0.3, 0.4) is 0 Å². The summed E-state index contributed by atoms with van der Waals surface area (Å²) in [5.41, 5.74) is 0.677. The molecule has 0 atom stereocenters. The topological polar surface area (TPSA) is 45.7 Å². The third-order valence-corrected chi connectivity index (χ3v) is 3.42. The molecular formula is C13H11Br2NO2. The van der Waals surface area contributed by atoms with E-state index in [0.29, 0.717) is 16.6 Å². The number of aliphatic imine (C=N–C) groups is 1. The first-order valence-electron chi connectivity index (χ1n) is 5.37. The molecule has 0 aliphatic rings. The van der Waals surface area contributed by atoms with E-state index in [2.05, 4.69) is 36.9 Å². The Morgan fingerprint density at radius 3 is 2.89 bits per heavy atom. The Morgan fingerprint density at radius 1 is 1.33 bits per heavy atom. The lowest BCUT2D eigenvalue weighted by Gasteiger charge is -2.02. The minimum atomic E-state index is 0.194. The molecule has 0 amide bonds. The summed E-state index contributed by atoms with van der Waals surface area (Å²) in [5.74, 6) is 1.10. The Balaban J connectivity index is 2.00. The van der Waals surface area contributed by atoms with E-state index >= 15 is 0 Å². The van der Waals surface area contributed by atoms with Gasteiger partial charge in [0.2, 0.25) is 0 Å². The van der Waals surface area contributed by atoms with Crippen LogP contribution in [0.2, 0.25) is 0 Å². The van der Waals surface area contributed by atoms with Crippen LogP contribution in [-0.4, -0.2) is 17.9 Å². The van der Waals surface area contributed by atoms with Crippen LogP contribution in [0.25, 0.3) is 0 Å². The summed E-state index contributed by atoms with van der Waals surface area (Å²) in [7, 11) is 0. The van der Waals surface area contributed by atoms with Crippen molar-refractivity contribution >= 4 is 38.1 Å². The van der Waals surface area contributed by atoms with Crippen LogP contribution in [0.1, 0.15) is 11.3 Å². The molecule has 2 aromatic rings. The number of benzene rings is 1. The summed E-state index contributed by atoms with van der Waals surface area (Å²) in [6, 6.07) is 7.38. The summed E-state index contributed by atoms with van der Waals surface area (Å²) in [6.45, 7) is 0.622. The molecule has 0 radical (unpaired) electrons. The molecule has 1 heterocycles. The van der Waals surface area contributed by atoms with Crippen molar-refractivity contribution in [3.05, 3.63) is 50.8 Å². The predicted molar refractivity (Wildman–Crippen MR) is 78.4 cm³/mol. The average molecular weight is 373 g/mol. The van der Waals surface area contributed by atoms with Crippen LogP contribution < -0.4 is 0 Å². The van der Waals surface area contributed by atoms with Crippen LogP contribution >= 0.6 is 31.9 Å². The van der Waals surface area contributed by atoms with E-state index in [4.69, 9.17) is 4.42 Å². The van der Waals surface area contributed by atoms with Gasteiger partial charge < -0.3 is 9.52 Å². The maximum absolute atomic E-state index is 9.83. The van der Waals surface area contributed by atoms with Gasteiger partial charge in [0.25, 0.3) is 0 Å². The second-order valence-corrected chi connectivity index (χ2v) is 5.46. The van der Waals surface area contributed by atoms with Crippen LogP contribution in [0.5, 0.6) is 5.75 Å². The molecule has 0 saturated heterocycles. The van der Waals surface area contributed by atoms with Gasteiger partial charge in [-0.2, -0.15) is 0 Å². The highest BCUT2D eigenvalue weighted by Gasteiger charge is 2.04. The molecule has 1 N–H and O–H groups in total. The molecule has 0 spiro atoms. The molecular weight excluding hydrogens is 362 g/mol. The SMILES string of the molecule is Oc1c(Br)cc(Br)cc1C=NCCc1ccco1. The van der Waals surface area contributed by atoms with Gasteiger partial charge in [-0.25, -0.2) is 0 Å². The first-order valence-corrected chi connectivity index (χ1v) is 6.95. The highest BCUT2D eigenvalue weighted by Crippen LogP contribution is 2.30. The first-order chi connectivity index (χ1) is 8.66. The fraction of sp³-hybridized carbons (Fsp3) is 0.154. The maximum atomic E-state index is 9.83. The molecule has 0 unspecified atom stereocenters. The summed E-state index contributed by atoms with van der Waals surface area (Å²) in [6.07, 6.45) is 4.06. The second-order valence-electron chi connectivity index (χ2n) is 3.69. The molecule has 18 heavy (non-hydrogen) atoms. The highest BCUT2D eigenvalue weighted by atomic mass is 79.9. The first kappa shape index (κ1) is 13.4. The van der Waals surface area contributed by atoms with Crippen LogP contribution in [0, 0.1) is 0 Å². The fourth-order valence-electron chi connectivity index (χ4n) is 1.48. The van der Waals surface area contributed by atoms with Crippen LogP contribution in [0.4, 0.5) is 0 Å². The second kappa shape index (κ2) is 6.20. The van der Waals surface area contributed by atoms with E-state index in [9.17, 15) is 5.11 Å². The number of phenolic OH excluding ortho intramolecular Hbond substituents is 1. The van der Waals surface area contributed by atoms with Gasteiger partial charge in [0.05, 0.1) is 10.7 Å². The highest BCUT2D eigenvalue weighted by molar-refractivity contribution is 9.11. The third kappa shape index (κ3) is 3.46. The standard InChI is InChI=1S/C13H11Br2NO2/c14-10-6-9(13(17)12(15)7-10)8-16-4-3-11-2-1-5-18-11/h1-2,5-8,17H,3-4H2. The molecule has 0 bridgehead atoms. The Kier molecular flexibility index (Phi) is 4.60. The van der Waals surface area contributed by atoms with E-state index in [1.54, 1.807) is 18.5 Å². The Labute approximate surface area is 122 Å².